The molecule has 0 N–H and O–H groups in total. The van der Waals surface area contributed by atoms with E-state index in [-0.39, 0.29) is 0 Å². The lowest BCUT2D eigenvalue weighted by molar-refractivity contribution is -0.108. The van der Waals surface area contributed by atoms with E-state index in [1.165, 1.54) is 109 Å². The maximum Gasteiger partial charge on any atom is 0.142 e. The SMILES string of the molecule is CCCCCCCCCCC=CC=O.CCCCCCCCCCCCC=O. The smallest absolute Gasteiger partial charge is 0.142 e. The van der Waals surface area contributed by atoms with Crippen LogP contribution in [-0.4, -0.2) is 12.6 Å². The molecule has 0 aromatic rings. The van der Waals surface area contributed by atoms with E-state index in [2.05, 4.69) is 13.8 Å². The van der Waals surface area contributed by atoms with Crippen molar-refractivity contribution in [2.45, 2.75) is 142 Å². The first-order valence-electron chi connectivity index (χ1n) is 12.4. The second-order valence-electron chi connectivity index (χ2n) is 7.97. The van der Waals surface area contributed by atoms with Crippen molar-refractivity contribution in [2.24, 2.45) is 0 Å². The Bertz CT molecular complexity index is 310. The topological polar surface area (TPSA) is 34.1 Å². The number of carbonyl (C=O) groups excluding carboxylic acids is 2. The zero-order valence-corrected chi connectivity index (χ0v) is 19.3. The molecule has 0 aliphatic carbocycles. The summed E-state index contributed by atoms with van der Waals surface area (Å²) < 4.78 is 0. The van der Waals surface area contributed by atoms with Crippen molar-refractivity contribution < 1.29 is 9.59 Å². The van der Waals surface area contributed by atoms with Gasteiger partial charge < -0.3 is 4.79 Å². The molecular weight excluding hydrogens is 344 g/mol. The van der Waals surface area contributed by atoms with E-state index in [1.807, 2.05) is 6.08 Å². The van der Waals surface area contributed by atoms with Crippen LogP contribution in [0, 0.1) is 0 Å². The third kappa shape index (κ3) is 32.7. The Kier molecular flexibility index (Phi) is 32.2. The summed E-state index contributed by atoms with van der Waals surface area (Å²) in [6.07, 6.45) is 31.5. The van der Waals surface area contributed by atoms with Crippen LogP contribution in [0.2, 0.25) is 0 Å². The number of allylic oxidation sites excluding steroid dienone is 2. The van der Waals surface area contributed by atoms with Crippen molar-refractivity contribution in [1.82, 2.24) is 0 Å². The molecule has 166 valence electrons. The van der Waals surface area contributed by atoms with Crippen molar-refractivity contribution >= 4 is 12.6 Å². The van der Waals surface area contributed by atoms with Crippen LogP contribution in [0.3, 0.4) is 0 Å². The number of carbonyl (C=O) groups is 2. The number of rotatable bonds is 21. The molecule has 2 nitrogen and oxygen atoms in total. The van der Waals surface area contributed by atoms with Crippen molar-refractivity contribution in [3.63, 3.8) is 0 Å². The van der Waals surface area contributed by atoms with Crippen LogP contribution < -0.4 is 0 Å². The zero-order valence-electron chi connectivity index (χ0n) is 19.3. The standard InChI is InChI=1S/C13H26O.C13H24O/c2*1-2-3-4-5-6-7-8-9-10-11-12-13-14/h13H,2-12H2,1H3;11-13H,2-10H2,1H3. The third-order valence-corrected chi connectivity index (χ3v) is 5.11. The van der Waals surface area contributed by atoms with E-state index >= 15 is 0 Å². The molecule has 0 saturated carbocycles. The summed E-state index contributed by atoms with van der Waals surface area (Å²) in [5, 5.41) is 0. The van der Waals surface area contributed by atoms with Gasteiger partial charge in [0, 0.05) is 6.42 Å². The molecule has 0 saturated heterocycles. The molecule has 28 heavy (non-hydrogen) atoms. The summed E-state index contributed by atoms with van der Waals surface area (Å²) in [7, 11) is 0. The Labute approximate surface area is 177 Å². The van der Waals surface area contributed by atoms with Crippen LogP contribution in [-0.2, 0) is 9.59 Å². The monoisotopic (exact) mass is 394 g/mol. The molecule has 0 aliphatic rings. The van der Waals surface area contributed by atoms with Crippen molar-refractivity contribution in [1.29, 1.82) is 0 Å². The minimum atomic E-state index is 0.760. The van der Waals surface area contributed by atoms with E-state index in [0.717, 1.165) is 31.8 Å². The summed E-state index contributed by atoms with van der Waals surface area (Å²) in [4.78, 5) is 20.0. The van der Waals surface area contributed by atoms with Gasteiger partial charge in [-0.25, -0.2) is 0 Å². The maximum atomic E-state index is 10.0. The number of unbranched alkanes of at least 4 members (excludes halogenated alkanes) is 18. The van der Waals surface area contributed by atoms with Crippen LogP contribution in [0.25, 0.3) is 0 Å². The van der Waals surface area contributed by atoms with Crippen LogP contribution in [0.15, 0.2) is 12.2 Å². The minimum absolute atomic E-state index is 0.760. The highest BCUT2D eigenvalue weighted by molar-refractivity contribution is 5.64. The number of aldehydes is 2. The summed E-state index contributed by atoms with van der Waals surface area (Å²) in [5.41, 5.74) is 0. The van der Waals surface area contributed by atoms with Crippen molar-refractivity contribution in [2.75, 3.05) is 0 Å². The minimum Gasteiger partial charge on any atom is -0.303 e. The predicted molar refractivity (Wildman–Crippen MR) is 125 cm³/mol. The lowest BCUT2D eigenvalue weighted by Crippen LogP contribution is -1.82. The van der Waals surface area contributed by atoms with Gasteiger partial charge in [-0.2, -0.15) is 0 Å². The van der Waals surface area contributed by atoms with Crippen LogP contribution in [0.1, 0.15) is 142 Å². The van der Waals surface area contributed by atoms with E-state index in [9.17, 15) is 9.59 Å². The van der Waals surface area contributed by atoms with Gasteiger partial charge in [0.25, 0.3) is 0 Å². The zero-order chi connectivity index (χ0) is 21.0. The number of hydrogen-bond acceptors (Lipinski definition) is 2. The van der Waals surface area contributed by atoms with E-state index < -0.39 is 0 Å². The molecule has 0 atom stereocenters. The molecule has 0 bridgehead atoms. The van der Waals surface area contributed by atoms with Gasteiger partial charge in [-0.15, -0.1) is 0 Å². The fraction of sp³-hybridized carbons (Fsp3) is 0.846. The second kappa shape index (κ2) is 30.8. The Hall–Kier alpha value is -0.920. The average Bonchev–Trinajstić information content (AvgIpc) is 2.71. The highest BCUT2D eigenvalue weighted by atomic mass is 16.1. The summed E-state index contributed by atoms with van der Waals surface area (Å²) in [6, 6.07) is 0. The van der Waals surface area contributed by atoms with Crippen LogP contribution in [0.5, 0.6) is 0 Å². The van der Waals surface area contributed by atoms with Crippen molar-refractivity contribution in [3.8, 4) is 0 Å². The van der Waals surface area contributed by atoms with Gasteiger partial charge in [0.1, 0.15) is 12.6 Å². The van der Waals surface area contributed by atoms with Crippen LogP contribution >= 0.6 is 0 Å². The lowest BCUT2D eigenvalue weighted by Gasteiger charge is -2.00. The molecule has 2 heteroatoms. The molecule has 0 spiro atoms. The Morgan fingerprint density at radius 1 is 0.464 bits per heavy atom. The first-order valence-corrected chi connectivity index (χ1v) is 12.4. The largest absolute Gasteiger partial charge is 0.303 e. The predicted octanol–water partition coefficient (Wildman–Crippen LogP) is 8.77. The van der Waals surface area contributed by atoms with Gasteiger partial charge in [0.05, 0.1) is 0 Å². The lowest BCUT2D eigenvalue weighted by atomic mass is 10.1. The van der Waals surface area contributed by atoms with Crippen molar-refractivity contribution in [3.05, 3.63) is 12.2 Å². The van der Waals surface area contributed by atoms with E-state index in [4.69, 9.17) is 0 Å². The summed E-state index contributed by atoms with van der Waals surface area (Å²) >= 11 is 0. The molecule has 0 aliphatic heterocycles. The number of hydrogen-bond donors (Lipinski definition) is 0. The van der Waals surface area contributed by atoms with Gasteiger partial charge >= 0.3 is 0 Å². The highest BCUT2D eigenvalue weighted by Crippen LogP contribution is 2.11. The van der Waals surface area contributed by atoms with Gasteiger partial charge in [0.15, 0.2) is 0 Å². The Morgan fingerprint density at radius 2 is 0.821 bits per heavy atom. The second-order valence-corrected chi connectivity index (χ2v) is 7.97. The van der Waals surface area contributed by atoms with E-state index in [0.29, 0.717) is 0 Å². The molecule has 0 rings (SSSR count). The first kappa shape index (κ1) is 29.3. The van der Waals surface area contributed by atoms with Gasteiger partial charge in [-0.05, 0) is 25.3 Å². The summed E-state index contributed by atoms with van der Waals surface area (Å²) in [5.74, 6) is 0. The van der Waals surface area contributed by atoms with Crippen LogP contribution in [0.4, 0.5) is 0 Å². The highest BCUT2D eigenvalue weighted by Gasteiger charge is 1.92. The molecule has 0 heterocycles. The molecular formula is C26H50O2. The normalized spacial score (nSPS) is 10.6. The quantitative estimate of drug-likeness (QED) is 0.111. The maximum absolute atomic E-state index is 10.0. The molecule has 0 fully saturated rings. The molecule has 0 aromatic heterocycles. The van der Waals surface area contributed by atoms with E-state index in [1.54, 1.807) is 6.08 Å². The fourth-order valence-electron chi connectivity index (χ4n) is 3.26. The Morgan fingerprint density at radius 3 is 1.18 bits per heavy atom. The molecule has 0 aromatic carbocycles. The molecule has 0 amide bonds. The Balaban J connectivity index is 0. The summed E-state index contributed by atoms with van der Waals surface area (Å²) in [6.45, 7) is 4.51. The van der Waals surface area contributed by atoms with Gasteiger partial charge in [0.2, 0.25) is 0 Å². The first-order chi connectivity index (χ1) is 13.8. The average molecular weight is 395 g/mol. The fourth-order valence-corrected chi connectivity index (χ4v) is 3.26. The third-order valence-electron chi connectivity index (χ3n) is 5.11. The van der Waals surface area contributed by atoms with Gasteiger partial charge in [-0.1, -0.05) is 123 Å². The molecule has 0 unspecified atom stereocenters. The molecule has 0 radical (unpaired) electrons. The van der Waals surface area contributed by atoms with Gasteiger partial charge in [-0.3, -0.25) is 4.79 Å².